The Labute approximate surface area is 145 Å². The molecule has 0 atom stereocenters. The Bertz CT molecular complexity index is 849. The van der Waals surface area contributed by atoms with E-state index in [2.05, 4.69) is 15.4 Å². The topological polar surface area (TPSA) is 73.0 Å². The number of amides is 1. The van der Waals surface area contributed by atoms with E-state index >= 15 is 0 Å². The molecule has 25 heavy (non-hydrogen) atoms. The third kappa shape index (κ3) is 3.33. The van der Waals surface area contributed by atoms with Gasteiger partial charge in [-0.15, -0.1) is 0 Å². The Morgan fingerprint density at radius 1 is 1.32 bits per heavy atom. The molecule has 0 unspecified atom stereocenters. The summed E-state index contributed by atoms with van der Waals surface area (Å²) in [5.74, 6) is 1.85. The lowest BCUT2D eigenvalue weighted by atomic mass is 9.80. The van der Waals surface area contributed by atoms with Crippen molar-refractivity contribution in [2.75, 3.05) is 0 Å². The smallest absolute Gasteiger partial charge is 0.255 e. The van der Waals surface area contributed by atoms with Crippen LogP contribution in [0, 0.1) is 12.8 Å². The third-order valence-electron chi connectivity index (χ3n) is 4.70. The summed E-state index contributed by atoms with van der Waals surface area (Å²) in [7, 11) is 0. The second-order valence-electron chi connectivity index (χ2n) is 6.57. The minimum atomic E-state index is -0.0624. The van der Waals surface area contributed by atoms with Crippen LogP contribution in [-0.4, -0.2) is 26.7 Å². The van der Waals surface area contributed by atoms with Crippen LogP contribution in [0.2, 0.25) is 0 Å². The predicted molar refractivity (Wildman–Crippen MR) is 92.9 cm³/mol. The molecule has 0 saturated heterocycles. The van der Waals surface area contributed by atoms with E-state index in [1.54, 1.807) is 12.7 Å². The number of nitrogens with one attached hydrogen (secondary N) is 1. The van der Waals surface area contributed by atoms with Gasteiger partial charge in [0.15, 0.2) is 0 Å². The molecule has 1 aromatic carbocycles. The molecule has 6 heteroatoms. The van der Waals surface area contributed by atoms with Gasteiger partial charge in [-0.05, 0) is 31.7 Å². The first kappa shape index (κ1) is 15.6. The SMILES string of the molecule is Cc1oc(-c2ccccc2)cc1C(=O)NC1CC(Cn2cncn2)C1. The molecule has 4 rings (SSSR count). The molecule has 0 bridgehead atoms. The van der Waals surface area contributed by atoms with E-state index in [1.807, 2.05) is 48.0 Å². The first-order valence-corrected chi connectivity index (χ1v) is 8.48. The zero-order chi connectivity index (χ0) is 17.2. The molecule has 1 saturated carbocycles. The number of hydrogen-bond donors (Lipinski definition) is 1. The molecule has 1 aliphatic rings. The lowest BCUT2D eigenvalue weighted by Crippen LogP contribution is -2.45. The van der Waals surface area contributed by atoms with Crippen LogP contribution in [0.15, 0.2) is 53.5 Å². The van der Waals surface area contributed by atoms with Crippen LogP contribution in [0.4, 0.5) is 0 Å². The van der Waals surface area contributed by atoms with E-state index in [4.69, 9.17) is 4.42 Å². The van der Waals surface area contributed by atoms with Crippen molar-refractivity contribution < 1.29 is 9.21 Å². The Hall–Kier alpha value is -2.89. The molecule has 0 radical (unpaired) electrons. The van der Waals surface area contributed by atoms with E-state index in [-0.39, 0.29) is 11.9 Å². The Morgan fingerprint density at radius 2 is 2.12 bits per heavy atom. The zero-order valence-corrected chi connectivity index (χ0v) is 14.1. The summed E-state index contributed by atoms with van der Waals surface area (Å²) >= 11 is 0. The minimum absolute atomic E-state index is 0.0624. The number of rotatable bonds is 5. The maximum absolute atomic E-state index is 12.5. The molecule has 1 aliphatic carbocycles. The average molecular weight is 336 g/mol. The molecule has 2 heterocycles. The first-order chi connectivity index (χ1) is 12.2. The van der Waals surface area contributed by atoms with E-state index in [1.165, 1.54) is 0 Å². The monoisotopic (exact) mass is 336 g/mol. The van der Waals surface area contributed by atoms with Gasteiger partial charge in [-0.1, -0.05) is 30.3 Å². The highest BCUT2D eigenvalue weighted by Crippen LogP contribution is 2.30. The zero-order valence-electron chi connectivity index (χ0n) is 14.1. The summed E-state index contributed by atoms with van der Waals surface area (Å²) in [5.41, 5.74) is 1.58. The summed E-state index contributed by atoms with van der Waals surface area (Å²) in [4.78, 5) is 16.5. The van der Waals surface area contributed by atoms with E-state index in [0.29, 0.717) is 17.2 Å². The summed E-state index contributed by atoms with van der Waals surface area (Å²) in [6.45, 7) is 2.69. The molecular weight excluding hydrogens is 316 g/mol. The van der Waals surface area contributed by atoms with Crippen molar-refractivity contribution in [1.82, 2.24) is 20.1 Å². The maximum Gasteiger partial charge on any atom is 0.255 e. The van der Waals surface area contributed by atoms with Gasteiger partial charge in [0.1, 0.15) is 24.2 Å². The van der Waals surface area contributed by atoms with Crippen molar-refractivity contribution in [3.8, 4) is 11.3 Å². The highest BCUT2D eigenvalue weighted by molar-refractivity contribution is 5.96. The Morgan fingerprint density at radius 3 is 2.84 bits per heavy atom. The lowest BCUT2D eigenvalue weighted by Gasteiger charge is -2.35. The van der Waals surface area contributed by atoms with Gasteiger partial charge in [-0.2, -0.15) is 5.10 Å². The van der Waals surface area contributed by atoms with Crippen molar-refractivity contribution in [3.63, 3.8) is 0 Å². The summed E-state index contributed by atoms with van der Waals surface area (Å²) in [6, 6.07) is 11.9. The number of furan rings is 1. The van der Waals surface area contributed by atoms with E-state index in [0.717, 1.165) is 30.7 Å². The summed E-state index contributed by atoms with van der Waals surface area (Å²) < 4.78 is 7.61. The number of hydrogen-bond acceptors (Lipinski definition) is 4. The number of carbonyl (C=O) groups is 1. The fourth-order valence-corrected chi connectivity index (χ4v) is 3.31. The van der Waals surface area contributed by atoms with Gasteiger partial charge in [-0.3, -0.25) is 9.48 Å². The van der Waals surface area contributed by atoms with Crippen LogP contribution in [-0.2, 0) is 6.54 Å². The number of aryl methyl sites for hydroxylation is 1. The highest BCUT2D eigenvalue weighted by atomic mass is 16.3. The fourth-order valence-electron chi connectivity index (χ4n) is 3.31. The fraction of sp³-hybridized carbons (Fsp3) is 0.316. The number of benzene rings is 1. The van der Waals surface area contributed by atoms with Crippen molar-refractivity contribution in [3.05, 3.63) is 60.4 Å². The van der Waals surface area contributed by atoms with Gasteiger partial charge in [0.25, 0.3) is 5.91 Å². The predicted octanol–water partition coefficient (Wildman–Crippen LogP) is 3.06. The highest BCUT2D eigenvalue weighted by Gasteiger charge is 2.31. The number of carbonyl (C=O) groups excluding carboxylic acids is 1. The quantitative estimate of drug-likeness (QED) is 0.777. The average Bonchev–Trinajstić information content (AvgIpc) is 3.23. The molecule has 0 aliphatic heterocycles. The van der Waals surface area contributed by atoms with E-state index in [9.17, 15) is 4.79 Å². The molecule has 0 spiro atoms. The van der Waals surface area contributed by atoms with Gasteiger partial charge in [0, 0.05) is 18.2 Å². The lowest BCUT2D eigenvalue weighted by molar-refractivity contribution is 0.0878. The van der Waals surface area contributed by atoms with Crippen LogP contribution < -0.4 is 5.32 Å². The normalized spacial score (nSPS) is 19.4. The van der Waals surface area contributed by atoms with Crippen molar-refractivity contribution >= 4 is 5.91 Å². The molecule has 1 fully saturated rings. The molecule has 1 amide bonds. The summed E-state index contributed by atoms with van der Waals surface area (Å²) in [5, 5.41) is 7.22. The second-order valence-corrected chi connectivity index (χ2v) is 6.57. The van der Waals surface area contributed by atoms with Crippen molar-refractivity contribution in [2.45, 2.75) is 32.4 Å². The van der Waals surface area contributed by atoms with Gasteiger partial charge >= 0.3 is 0 Å². The maximum atomic E-state index is 12.5. The van der Waals surface area contributed by atoms with Crippen LogP contribution in [0.25, 0.3) is 11.3 Å². The summed E-state index contributed by atoms with van der Waals surface area (Å²) in [6.07, 6.45) is 5.21. The molecule has 6 nitrogen and oxygen atoms in total. The number of nitrogens with zero attached hydrogens (tertiary/aromatic N) is 3. The van der Waals surface area contributed by atoms with Gasteiger partial charge in [-0.25, -0.2) is 4.98 Å². The molecule has 3 aromatic rings. The van der Waals surface area contributed by atoms with Crippen molar-refractivity contribution in [2.24, 2.45) is 5.92 Å². The number of aromatic nitrogens is 3. The van der Waals surface area contributed by atoms with Gasteiger partial charge < -0.3 is 9.73 Å². The van der Waals surface area contributed by atoms with Crippen LogP contribution in [0.5, 0.6) is 0 Å². The third-order valence-corrected chi connectivity index (χ3v) is 4.70. The standard InChI is InChI=1S/C19H20N4O2/c1-13-17(9-18(25-13)15-5-3-2-4-6-15)19(24)22-16-7-14(8-16)10-23-12-20-11-21-23/h2-6,9,11-12,14,16H,7-8,10H2,1H3,(H,22,24). The second kappa shape index (κ2) is 6.55. The van der Waals surface area contributed by atoms with Crippen LogP contribution in [0.3, 0.4) is 0 Å². The molecule has 1 N–H and O–H groups in total. The Balaban J connectivity index is 1.35. The van der Waals surface area contributed by atoms with Gasteiger partial charge in [0.2, 0.25) is 0 Å². The van der Waals surface area contributed by atoms with E-state index < -0.39 is 0 Å². The van der Waals surface area contributed by atoms with Crippen LogP contribution in [0.1, 0.15) is 29.0 Å². The van der Waals surface area contributed by atoms with Gasteiger partial charge in [0.05, 0.1) is 5.56 Å². The molecule has 2 aromatic heterocycles. The first-order valence-electron chi connectivity index (χ1n) is 8.48. The van der Waals surface area contributed by atoms with Crippen LogP contribution >= 0.6 is 0 Å². The largest absolute Gasteiger partial charge is 0.461 e. The Kier molecular flexibility index (Phi) is 4.09. The molecular formula is C19H20N4O2. The minimum Gasteiger partial charge on any atom is -0.461 e. The molecule has 128 valence electrons. The van der Waals surface area contributed by atoms with Crippen molar-refractivity contribution in [1.29, 1.82) is 0 Å².